The predicted molar refractivity (Wildman–Crippen MR) is 110 cm³/mol. The molecule has 0 radical (unpaired) electrons. The van der Waals surface area contributed by atoms with Crippen LogP contribution >= 0.6 is 11.6 Å². The standard InChI is InChI=1S/C22H17ClN2O5/c23-16-7-9-19(26)25(12-16)20(21(27)15-4-2-1-3-5-15)22(28)24-11-14-6-8-17-18(10-14)30-13-29-17/h1-10,12,20H,11,13H2,(H,24,28)/t20-/m0/s1. The van der Waals surface area contributed by atoms with Crippen molar-refractivity contribution in [2.45, 2.75) is 12.6 Å². The molecule has 1 aliphatic rings. The monoisotopic (exact) mass is 424 g/mol. The lowest BCUT2D eigenvalue weighted by Crippen LogP contribution is -2.41. The van der Waals surface area contributed by atoms with E-state index in [1.54, 1.807) is 48.5 Å². The third-order valence-electron chi connectivity index (χ3n) is 4.64. The summed E-state index contributed by atoms with van der Waals surface area (Å²) in [5, 5.41) is 2.97. The van der Waals surface area contributed by atoms with Gasteiger partial charge in [0, 0.05) is 24.4 Å². The number of nitrogens with zero attached hydrogens (tertiary/aromatic N) is 1. The van der Waals surface area contributed by atoms with Gasteiger partial charge in [-0.25, -0.2) is 0 Å². The van der Waals surface area contributed by atoms with Gasteiger partial charge in [0.2, 0.25) is 6.79 Å². The Balaban J connectivity index is 1.61. The number of ketones is 1. The third-order valence-corrected chi connectivity index (χ3v) is 4.86. The molecule has 1 aromatic heterocycles. The molecule has 0 saturated heterocycles. The van der Waals surface area contributed by atoms with Gasteiger partial charge in [0.25, 0.3) is 11.5 Å². The van der Waals surface area contributed by atoms with Gasteiger partial charge in [-0.3, -0.25) is 19.0 Å². The zero-order chi connectivity index (χ0) is 21.1. The smallest absolute Gasteiger partial charge is 0.251 e. The quantitative estimate of drug-likeness (QED) is 0.485. The van der Waals surface area contributed by atoms with Gasteiger partial charge in [0.1, 0.15) is 0 Å². The fraction of sp³-hybridized carbons (Fsp3) is 0.136. The van der Waals surface area contributed by atoms with Crippen molar-refractivity contribution in [1.29, 1.82) is 0 Å². The Morgan fingerprint density at radius 3 is 2.60 bits per heavy atom. The van der Waals surface area contributed by atoms with Gasteiger partial charge in [0.05, 0.1) is 5.02 Å². The van der Waals surface area contributed by atoms with Crippen LogP contribution in [-0.2, 0) is 11.3 Å². The lowest BCUT2D eigenvalue weighted by Gasteiger charge is -2.19. The normalized spacial score (nSPS) is 13.0. The highest BCUT2D eigenvalue weighted by Gasteiger charge is 2.30. The van der Waals surface area contributed by atoms with Gasteiger partial charge in [0.15, 0.2) is 23.3 Å². The number of benzene rings is 2. The van der Waals surface area contributed by atoms with Crippen LogP contribution in [0.4, 0.5) is 0 Å². The topological polar surface area (TPSA) is 86.6 Å². The highest BCUT2D eigenvalue weighted by atomic mass is 35.5. The number of rotatable bonds is 6. The first-order valence-electron chi connectivity index (χ1n) is 9.16. The van der Waals surface area contributed by atoms with Gasteiger partial charge in [-0.2, -0.15) is 0 Å². The molecule has 0 saturated carbocycles. The number of pyridine rings is 1. The minimum Gasteiger partial charge on any atom is -0.454 e. The number of nitrogens with one attached hydrogen (secondary N) is 1. The Hall–Kier alpha value is -3.58. The number of halogens is 1. The summed E-state index contributed by atoms with van der Waals surface area (Å²) in [5.41, 5.74) is 0.566. The maximum Gasteiger partial charge on any atom is 0.251 e. The molecule has 2 aromatic carbocycles. The molecule has 3 aromatic rings. The summed E-state index contributed by atoms with van der Waals surface area (Å²) >= 11 is 6.01. The van der Waals surface area contributed by atoms with Crippen molar-refractivity contribution in [2.75, 3.05) is 6.79 Å². The number of aromatic nitrogens is 1. The van der Waals surface area contributed by atoms with Crippen molar-refractivity contribution in [3.63, 3.8) is 0 Å². The van der Waals surface area contributed by atoms with E-state index in [-0.39, 0.29) is 18.4 Å². The molecule has 1 amide bonds. The van der Waals surface area contributed by atoms with E-state index in [1.165, 1.54) is 18.3 Å². The molecule has 1 N–H and O–H groups in total. The molecule has 30 heavy (non-hydrogen) atoms. The molecule has 0 aliphatic carbocycles. The zero-order valence-corrected chi connectivity index (χ0v) is 16.5. The molecule has 1 atom stereocenters. The molecule has 1 aliphatic heterocycles. The maximum absolute atomic E-state index is 13.1. The first-order chi connectivity index (χ1) is 14.5. The first kappa shape index (κ1) is 19.7. The average Bonchev–Trinajstić information content (AvgIpc) is 3.23. The Bertz CT molecular complexity index is 1160. The lowest BCUT2D eigenvalue weighted by atomic mass is 10.0. The van der Waals surface area contributed by atoms with E-state index >= 15 is 0 Å². The minimum absolute atomic E-state index is 0.142. The van der Waals surface area contributed by atoms with Gasteiger partial charge in [-0.15, -0.1) is 0 Å². The van der Waals surface area contributed by atoms with Crippen LogP contribution in [0.3, 0.4) is 0 Å². The van der Waals surface area contributed by atoms with Crippen molar-refractivity contribution in [3.8, 4) is 11.5 Å². The summed E-state index contributed by atoms with van der Waals surface area (Å²) in [6.07, 6.45) is 1.29. The second-order valence-electron chi connectivity index (χ2n) is 6.63. The van der Waals surface area contributed by atoms with E-state index < -0.39 is 23.3 Å². The van der Waals surface area contributed by atoms with Crippen LogP contribution in [0.2, 0.25) is 5.02 Å². The number of carbonyl (C=O) groups is 2. The number of Topliss-reactive ketones (excluding diaryl/α,β-unsaturated/α-hetero) is 1. The van der Waals surface area contributed by atoms with E-state index in [9.17, 15) is 14.4 Å². The van der Waals surface area contributed by atoms with Crippen LogP contribution in [0.15, 0.2) is 71.7 Å². The average molecular weight is 425 g/mol. The van der Waals surface area contributed by atoms with Crippen molar-refractivity contribution >= 4 is 23.3 Å². The molecule has 0 fully saturated rings. The third kappa shape index (κ3) is 4.06. The SMILES string of the molecule is O=C(NCc1ccc2c(c1)OCO2)[C@H](C(=O)c1ccccc1)n1cc(Cl)ccc1=O. The molecular formula is C22H17ClN2O5. The number of carbonyl (C=O) groups excluding carboxylic acids is 2. The molecular weight excluding hydrogens is 408 g/mol. The number of amides is 1. The molecule has 8 heteroatoms. The van der Waals surface area contributed by atoms with Crippen molar-refractivity contribution in [2.24, 2.45) is 0 Å². The Morgan fingerprint density at radius 1 is 1.03 bits per heavy atom. The van der Waals surface area contributed by atoms with Crippen LogP contribution in [0, 0.1) is 0 Å². The number of fused-ring (bicyclic) bond motifs is 1. The summed E-state index contributed by atoms with van der Waals surface area (Å²) in [5.74, 6) is 0.0893. The van der Waals surface area contributed by atoms with Gasteiger partial charge < -0.3 is 14.8 Å². The summed E-state index contributed by atoms with van der Waals surface area (Å²) in [7, 11) is 0. The molecule has 7 nitrogen and oxygen atoms in total. The van der Waals surface area contributed by atoms with Crippen molar-refractivity contribution in [3.05, 3.63) is 93.4 Å². The van der Waals surface area contributed by atoms with Crippen LogP contribution in [-0.4, -0.2) is 23.1 Å². The Labute approximate surface area is 176 Å². The number of hydrogen-bond donors (Lipinski definition) is 1. The fourth-order valence-corrected chi connectivity index (χ4v) is 3.32. The first-order valence-corrected chi connectivity index (χ1v) is 9.54. The van der Waals surface area contributed by atoms with E-state index in [0.29, 0.717) is 17.1 Å². The Kier molecular flexibility index (Phi) is 5.54. The van der Waals surface area contributed by atoms with E-state index in [1.807, 2.05) is 0 Å². The second kappa shape index (κ2) is 8.42. The number of ether oxygens (including phenoxy) is 2. The minimum atomic E-state index is -1.40. The second-order valence-corrected chi connectivity index (χ2v) is 7.07. The highest BCUT2D eigenvalue weighted by Crippen LogP contribution is 2.32. The molecule has 0 spiro atoms. The van der Waals surface area contributed by atoms with Gasteiger partial charge >= 0.3 is 0 Å². The summed E-state index contributed by atoms with van der Waals surface area (Å²) in [6, 6.07) is 14.8. The maximum atomic E-state index is 13.1. The highest BCUT2D eigenvalue weighted by molar-refractivity contribution is 6.30. The van der Waals surface area contributed by atoms with E-state index in [4.69, 9.17) is 21.1 Å². The van der Waals surface area contributed by atoms with E-state index in [0.717, 1.165) is 10.1 Å². The largest absolute Gasteiger partial charge is 0.454 e. The van der Waals surface area contributed by atoms with Crippen LogP contribution in [0.1, 0.15) is 22.0 Å². The van der Waals surface area contributed by atoms with Gasteiger partial charge in [-0.05, 0) is 23.8 Å². The number of hydrogen-bond acceptors (Lipinski definition) is 5. The van der Waals surface area contributed by atoms with Crippen LogP contribution in [0.5, 0.6) is 11.5 Å². The van der Waals surface area contributed by atoms with Crippen LogP contribution in [0.25, 0.3) is 0 Å². The van der Waals surface area contributed by atoms with Crippen LogP contribution < -0.4 is 20.3 Å². The summed E-state index contributed by atoms with van der Waals surface area (Å²) in [6.45, 7) is 0.292. The lowest BCUT2D eigenvalue weighted by molar-refractivity contribution is -0.123. The fourth-order valence-electron chi connectivity index (χ4n) is 3.15. The molecule has 0 unspecified atom stereocenters. The van der Waals surface area contributed by atoms with Crippen molar-refractivity contribution < 1.29 is 19.1 Å². The summed E-state index contributed by atoms with van der Waals surface area (Å²) < 4.78 is 11.7. The Morgan fingerprint density at radius 2 is 1.80 bits per heavy atom. The van der Waals surface area contributed by atoms with Gasteiger partial charge in [-0.1, -0.05) is 48.0 Å². The molecule has 0 bridgehead atoms. The van der Waals surface area contributed by atoms with E-state index in [2.05, 4.69) is 5.32 Å². The summed E-state index contributed by atoms with van der Waals surface area (Å²) in [4.78, 5) is 38.6. The predicted octanol–water partition coefficient (Wildman–Crippen LogP) is 2.97. The molecule has 4 rings (SSSR count). The zero-order valence-electron chi connectivity index (χ0n) is 15.7. The van der Waals surface area contributed by atoms with Crippen molar-refractivity contribution in [1.82, 2.24) is 9.88 Å². The molecule has 152 valence electrons. The molecule has 2 heterocycles.